The maximum absolute atomic E-state index is 8.25. The Hall–Kier alpha value is -11.5. The molecule has 0 radical (unpaired) electrons. The third-order valence-electron chi connectivity index (χ3n) is 5.98. The van der Waals surface area contributed by atoms with E-state index in [1.165, 1.54) is 34.9 Å². The fourth-order valence-electron chi connectivity index (χ4n) is 3.61. The molecule has 42 heteroatoms. The summed E-state index contributed by atoms with van der Waals surface area (Å²) < 4.78 is 0. The summed E-state index contributed by atoms with van der Waals surface area (Å²) in [6.07, 6.45) is 45.9. The Morgan fingerprint density at radius 1 is 0.338 bits per heavy atom. The van der Waals surface area contributed by atoms with Crippen LogP contribution in [0.2, 0.25) is 0 Å². The minimum atomic E-state index is -1.75. The van der Waals surface area contributed by atoms with Crippen LogP contribution in [-0.2, 0) is 0 Å². The van der Waals surface area contributed by atoms with Crippen LogP contribution in [0.15, 0.2) is 210 Å². The molecule has 0 unspecified atom stereocenters. The van der Waals surface area contributed by atoms with Crippen LogP contribution in [0, 0.1) is 91.9 Å². The predicted octanol–water partition coefficient (Wildman–Crippen LogP) is -0.122. The van der Waals surface area contributed by atoms with Crippen LogP contribution in [0.25, 0.3) is 22.3 Å². The maximum Gasteiger partial charge on any atom is 2.00 e. The molecule has 0 fully saturated rings. The average molecular weight is 1200 g/mol. The van der Waals surface area contributed by atoms with Crippen molar-refractivity contribution >= 4 is 45.5 Å². The average Bonchev–Trinajstić information content (AvgIpc) is 4.26. The summed E-state index contributed by atoms with van der Waals surface area (Å²) in [5, 5.41) is 88.5. The third-order valence-corrected chi connectivity index (χ3v) is 5.98. The van der Waals surface area contributed by atoms with Crippen molar-refractivity contribution in [1.82, 2.24) is 49.8 Å². The van der Waals surface area contributed by atoms with E-state index in [2.05, 4.69) is 128 Å². The minimum Gasteiger partial charge on any atom is -0.450 e. The van der Waals surface area contributed by atoms with Crippen LogP contribution in [-0.4, -0.2) is 121 Å². The molecular weight excluding hydrogens is 1160 g/mol. The molecule has 0 spiro atoms. The van der Waals surface area contributed by atoms with Crippen LogP contribution in [0.4, 0.5) is 0 Å². The van der Waals surface area contributed by atoms with Gasteiger partial charge in [0, 0.05) is 73.3 Å². The molecule has 0 aliphatic heterocycles. The first-order chi connectivity index (χ1) is 37.3. The van der Waals surface area contributed by atoms with Crippen molar-refractivity contribution in [3.05, 3.63) is 302 Å². The number of aromatic amines is 10. The zero-order valence-electron chi connectivity index (χ0n) is 40.6. The van der Waals surface area contributed by atoms with Crippen molar-refractivity contribution in [3.63, 3.8) is 0 Å². The summed E-state index contributed by atoms with van der Waals surface area (Å²) in [7, 11) is 0. The van der Waals surface area contributed by atoms with E-state index in [9.17, 15) is 0 Å². The van der Waals surface area contributed by atoms with Crippen LogP contribution in [0.1, 0.15) is 0 Å². The molecule has 0 saturated carbocycles. The first-order valence-corrected chi connectivity index (χ1v) is 19.6. The molecule has 0 aliphatic carbocycles. The number of aromatic nitrogens is 16. The summed E-state index contributed by atoms with van der Waals surface area (Å²) >= 11 is 0. The molecule has 10 aromatic rings. The Kier molecular flexibility index (Phi) is 63.5. The van der Waals surface area contributed by atoms with Gasteiger partial charge in [0.25, 0.3) is 0 Å². The van der Waals surface area contributed by atoms with E-state index in [1.54, 1.807) is 74.9 Å². The molecule has 0 saturated heterocycles. The molecule has 12 N–H and O–H groups in total. The van der Waals surface area contributed by atoms with Crippen LogP contribution < -0.4 is 39.9 Å². The number of imidazole rings is 6. The normalized spacial score (nSPS) is 7.70. The van der Waals surface area contributed by atoms with Crippen molar-refractivity contribution < 1.29 is 65.9 Å². The number of nitrogens with one attached hydrogen (secondary N) is 10. The molecule has 0 amide bonds. The van der Waals surface area contributed by atoms with Crippen LogP contribution >= 0.6 is 0 Å². The number of H-pyrrole nitrogens is 10. The zero-order chi connectivity index (χ0) is 59.1. The van der Waals surface area contributed by atoms with Gasteiger partial charge < -0.3 is 127 Å². The Labute approximate surface area is 483 Å². The van der Waals surface area contributed by atoms with E-state index in [-0.39, 0.29) is 51.0 Å². The Bertz CT molecular complexity index is 2140. The number of pyridine rings is 4. The van der Waals surface area contributed by atoms with Gasteiger partial charge in [0.15, 0.2) is 49.6 Å². The predicted molar refractivity (Wildman–Crippen MR) is 269 cm³/mol. The van der Waals surface area contributed by atoms with Gasteiger partial charge in [-0.15, -0.1) is 0 Å². The quantitative estimate of drug-likeness (QED) is 0.0995. The van der Waals surface area contributed by atoms with Gasteiger partial charge in [0.2, 0.25) is 12.7 Å². The van der Waals surface area contributed by atoms with E-state index in [0.717, 1.165) is 0 Å². The molecule has 41 nitrogen and oxygen atoms in total. The smallest absolute Gasteiger partial charge is 0.450 e. The molecule has 80 heavy (non-hydrogen) atoms. The second-order valence-corrected chi connectivity index (χ2v) is 11.1. The van der Waals surface area contributed by atoms with E-state index < -0.39 is 30.5 Å². The summed E-state index contributed by atoms with van der Waals surface area (Å²) in [5.74, 6) is 0. The Balaban J connectivity index is -0.000000189. The molecule has 424 valence electrons. The van der Waals surface area contributed by atoms with E-state index in [4.69, 9.17) is 91.9 Å². The van der Waals surface area contributed by atoms with Crippen LogP contribution in [0.5, 0.6) is 0 Å². The van der Waals surface area contributed by atoms with Gasteiger partial charge in [0.05, 0.1) is 43.2 Å². The van der Waals surface area contributed by atoms with Gasteiger partial charge in [-0.1, -0.05) is 37.4 Å². The van der Waals surface area contributed by atoms with Gasteiger partial charge in [0.1, 0.15) is 24.8 Å². The standard InChI is InChI=1S/2C10H8N2.4C3H4N2.2C3H3N2.6NO3.H2O.Sr/c2*1-5-11-6-2-9(1)10-3-7-12-8-4-10;6*1-2-5-3-4-1;6*2-1(3)4;;/h2*1-8H;4*1-3H,(H,4,5);2*1-3H;;;;;;;1H2;/q;;;;;;8*-1;;+2/p+6. The summed E-state index contributed by atoms with van der Waals surface area (Å²) in [4.78, 5) is 100.0. The van der Waals surface area contributed by atoms with Gasteiger partial charge in [-0.2, -0.15) is 0 Å². The monoisotopic (exact) mass is 1200 g/mol. The number of rotatable bonds is 2. The first-order valence-electron chi connectivity index (χ1n) is 19.6. The van der Waals surface area contributed by atoms with Crippen molar-refractivity contribution in [2.45, 2.75) is 0 Å². The largest absolute Gasteiger partial charge is 2.00 e. The van der Waals surface area contributed by atoms with Crippen molar-refractivity contribution in [1.29, 1.82) is 0 Å². The van der Waals surface area contributed by atoms with E-state index >= 15 is 0 Å². The number of hydrogen-bond acceptors (Lipinski definition) is 22. The topological polar surface area (TPSA) is 656 Å². The second kappa shape index (κ2) is 63.6. The number of nitrogens with zero attached hydrogens (tertiary/aromatic N) is 12. The van der Waals surface area contributed by atoms with Gasteiger partial charge in [-0.05, 0) is 22.3 Å². The second-order valence-electron chi connectivity index (χ2n) is 11.1. The summed E-state index contributed by atoms with van der Waals surface area (Å²) in [6.45, 7) is 0. The van der Waals surface area contributed by atoms with Crippen molar-refractivity contribution in [2.75, 3.05) is 0 Å². The molecule has 0 aromatic carbocycles. The maximum atomic E-state index is 8.25. The Morgan fingerprint density at radius 3 is 0.662 bits per heavy atom. The summed E-state index contributed by atoms with van der Waals surface area (Å²) in [5.41, 5.74) is 4.90. The van der Waals surface area contributed by atoms with E-state index in [1.807, 2.05) is 74.4 Å². The first kappa shape index (κ1) is 79.9. The van der Waals surface area contributed by atoms with E-state index in [0.29, 0.717) is 0 Å². The molecule has 0 bridgehead atoms. The third kappa shape index (κ3) is 83.4. The van der Waals surface area contributed by atoms with Gasteiger partial charge >= 0.3 is 45.5 Å². The van der Waals surface area contributed by atoms with Crippen LogP contribution in [0.3, 0.4) is 0 Å². The fourth-order valence-corrected chi connectivity index (χ4v) is 3.61. The molecule has 10 rings (SSSR count). The molecular formula is C38H46N22O19Sr. The minimum absolute atomic E-state index is 0. The summed E-state index contributed by atoms with van der Waals surface area (Å²) in [6, 6.07) is 16.4. The zero-order valence-corrected chi connectivity index (χ0v) is 44.0. The fraction of sp³-hybridized carbons (Fsp3) is 0. The Morgan fingerprint density at radius 2 is 0.575 bits per heavy atom. The molecule has 10 aromatic heterocycles. The number of hydrogen-bond donors (Lipinski definition) is 4. The molecule has 0 atom stereocenters. The van der Waals surface area contributed by atoms with Gasteiger partial charge in [-0.25, -0.2) is 29.9 Å². The SMILES string of the molecule is O.O=[N+]([O-])[O-].O=[N+]([O-])[O-].O=[N+]([O-])[O-].O=[N+]([O-])[O-].O=[N+]([O-])[O-].O=[N+]([O-])[O-].[Sr+2].c1c[n-]cn1.c1c[n-]cn1.c1c[nH+]c[nH]1.c1c[nH+]c[nH]1.c1c[nH]cn1.c1c[nH]cn1.c1cc(-c2cc[nH+]cc2)cc[nH+]1.c1cc(-c2cc[nH+]cc2)cc[nH+]1. The van der Waals surface area contributed by atoms with Crippen molar-refractivity contribution in [2.24, 2.45) is 0 Å². The van der Waals surface area contributed by atoms with Gasteiger partial charge in [-0.3, -0.25) is 19.9 Å². The molecule has 10 heterocycles. The molecule has 0 aliphatic rings. The van der Waals surface area contributed by atoms with Crippen molar-refractivity contribution in [3.8, 4) is 22.3 Å².